The molecule has 0 fully saturated rings. The molecule has 1 aliphatic carbocycles. The van der Waals surface area contributed by atoms with Gasteiger partial charge in [0.05, 0.1) is 28.7 Å². The van der Waals surface area contributed by atoms with E-state index in [1.54, 1.807) is 30.6 Å². The molecule has 1 heterocycles. The van der Waals surface area contributed by atoms with Crippen LogP contribution in [0.4, 0.5) is 17.1 Å². The van der Waals surface area contributed by atoms with Gasteiger partial charge in [0.2, 0.25) is 0 Å². The van der Waals surface area contributed by atoms with Crippen molar-refractivity contribution >= 4 is 46.3 Å². The summed E-state index contributed by atoms with van der Waals surface area (Å²) in [5.41, 5.74) is 3.57. The molecule has 0 unspecified atom stereocenters. The molecule has 0 saturated heterocycles. The largest absolute Gasteiger partial charge is 0.497 e. The van der Waals surface area contributed by atoms with Crippen LogP contribution in [0.5, 0.6) is 5.75 Å². The number of thioether (sulfide) groups is 2. The molecule has 174 valence electrons. The fourth-order valence-corrected chi connectivity index (χ4v) is 6.04. The van der Waals surface area contributed by atoms with Crippen molar-refractivity contribution in [2.75, 3.05) is 18.3 Å². The molecule has 0 bridgehead atoms. The zero-order valence-corrected chi connectivity index (χ0v) is 19.7. The lowest BCUT2D eigenvalue weighted by atomic mass is 9.86. The Morgan fingerprint density at radius 1 is 1.12 bits per heavy atom. The summed E-state index contributed by atoms with van der Waals surface area (Å²) in [5.74, 6) is 2.56. The maximum Gasteiger partial charge on any atom is 0.301 e. The summed E-state index contributed by atoms with van der Waals surface area (Å²) >= 11 is 3.55. The molecule has 11 heteroatoms. The molecule has 2 aliphatic rings. The maximum atomic E-state index is 11.3. The van der Waals surface area contributed by atoms with Crippen molar-refractivity contribution in [3.05, 3.63) is 103 Å². The number of allylic oxidation sites excluding steroid dienone is 5. The smallest absolute Gasteiger partial charge is 0.301 e. The number of nitro benzene ring substituents is 2. The van der Waals surface area contributed by atoms with Gasteiger partial charge in [-0.3, -0.25) is 25.7 Å². The third-order valence-corrected chi connectivity index (χ3v) is 7.80. The van der Waals surface area contributed by atoms with Crippen LogP contribution in [0.3, 0.4) is 0 Å². The van der Waals surface area contributed by atoms with Crippen LogP contribution >= 0.6 is 23.5 Å². The van der Waals surface area contributed by atoms with Gasteiger partial charge >= 0.3 is 5.69 Å². The van der Waals surface area contributed by atoms with Crippen molar-refractivity contribution in [2.24, 2.45) is 10.5 Å². The molecule has 0 radical (unpaired) electrons. The summed E-state index contributed by atoms with van der Waals surface area (Å²) in [5, 5.41) is 28.6. The molecule has 1 spiro atoms. The van der Waals surface area contributed by atoms with Gasteiger partial charge in [0.25, 0.3) is 5.69 Å². The van der Waals surface area contributed by atoms with Gasteiger partial charge in [-0.15, -0.1) is 23.5 Å². The standard InChI is InChI=1S/C23H20N4O5S2/c1-32-19-5-2-16(3-6-19)13-34-22-14-33-15-23(22)10-8-17(9-11-23)24-25-20-7-4-18(26(28)29)12-21(20)27(30)31/h2-12,14,25H,13,15H2,1H3. The van der Waals surface area contributed by atoms with Crippen LogP contribution in [0.1, 0.15) is 5.56 Å². The van der Waals surface area contributed by atoms with Crippen LogP contribution in [-0.2, 0) is 5.75 Å². The van der Waals surface area contributed by atoms with Crippen molar-refractivity contribution in [3.63, 3.8) is 0 Å². The molecule has 1 aliphatic heterocycles. The van der Waals surface area contributed by atoms with E-state index in [9.17, 15) is 20.2 Å². The number of nitrogens with one attached hydrogen (secondary N) is 1. The van der Waals surface area contributed by atoms with E-state index in [-0.39, 0.29) is 16.8 Å². The van der Waals surface area contributed by atoms with E-state index >= 15 is 0 Å². The molecular formula is C23H20N4O5S2. The molecule has 1 N–H and O–H groups in total. The maximum absolute atomic E-state index is 11.3. The number of benzene rings is 2. The zero-order chi connectivity index (χ0) is 24.1. The summed E-state index contributed by atoms with van der Waals surface area (Å²) in [4.78, 5) is 22.1. The predicted molar refractivity (Wildman–Crippen MR) is 136 cm³/mol. The number of hydrogen-bond donors (Lipinski definition) is 1. The van der Waals surface area contributed by atoms with E-state index in [4.69, 9.17) is 4.74 Å². The highest BCUT2D eigenvalue weighted by molar-refractivity contribution is 8.06. The molecule has 0 atom stereocenters. The van der Waals surface area contributed by atoms with Gasteiger partial charge in [-0.25, -0.2) is 0 Å². The van der Waals surface area contributed by atoms with E-state index in [1.165, 1.54) is 22.6 Å². The SMILES string of the molecule is COc1ccc(CSC2=CSCC23C=CC(=NNc2ccc([N+](=O)[O-])cc2[N+](=O)[O-])C=C3)cc1. The minimum absolute atomic E-state index is 0.0808. The van der Waals surface area contributed by atoms with Crippen LogP contribution in [-0.4, -0.2) is 28.4 Å². The van der Waals surface area contributed by atoms with Crippen LogP contribution in [0.2, 0.25) is 0 Å². The highest BCUT2D eigenvalue weighted by atomic mass is 32.2. The first-order valence-electron chi connectivity index (χ1n) is 10.1. The quantitative estimate of drug-likeness (QED) is 0.354. The predicted octanol–water partition coefficient (Wildman–Crippen LogP) is 5.91. The fourth-order valence-electron chi connectivity index (χ4n) is 3.41. The number of nitrogens with zero attached hydrogens (tertiary/aromatic N) is 3. The van der Waals surface area contributed by atoms with E-state index in [1.807, 2.05) is 24.3 Å². The number of non-ortho nitro benzene ring substituents is 1. The Morgan fingerprint density at radius 3 is 2.50 bits per heavy atom. The summed E-state index contributed by atoms with van der Waals surface area (Å²) < 4.78 is 5.21. The van der Waals surface area contributed by atoms with Gasteiger partial charge in [-0.2, -0.15) is 5.10 Å². The lowest BCUT2D eigenvalue weighted by molar-refractivity contribution is -0.393. The van der Waals surface area contributed by atoms with Gasteiger partial charge in [0.15, 0.2) is 0 Å². The van der Waals surface area contributed by atoms with Crippen molar-refractivity contribution in [3.8, 4) is 5.75 Å². The van der Waals surface area contributed by atoms with Crippen LogP contribution < -0.4 is 10.2 Å². The van der Waals surface area contributed by atoms with Crippen molar-refractivity contribution in [1.82, 2.24) is 0 Å². The van der Waals surface area contributed by atoms with Gasteiger partial charge < -0.3 is 4.74 Å². The van der Waals surface area contributed by atoms with Crippen LogP contribution in [0.25, 0.3) is 0 Å². The highest BCUT2D eigenvalue weighted by Crippen LogP contribution is 2.49. The third-order valence-electron chi connectivity index (χ3n) is 5.32. The second kappa shape index (κ2) is 10.1. The number of hydrazone groups is 1. The van der Waals surface area contributed by atoms with Gasteiger partial charge in [-0.05, 0) is 41.3 Å². The van der Waals surface area contributed by atoms with Gasteiger partial charge in [-0.1, -0.05) is 24.3 Å². The summed E-state index contributed by atoms with van der Waals surface area (Å²) in [6, 6.07) is 11.4. The van der Waals surface area contributed by atoms with E-state index in [0.717, 1.165) is 23.3 Å². The first kappa shape index (κ1) is 23.6. The van der Waals surface area contributed by atoms with Crippen LogP contribution in [0.15, 0.2) is 82.2 Å². The number of rotatable bonds is 8. The Hall–Kier alpha value is -3.57. The second-order valence-electron chi connectivity index (χ2n) is 7.50. The molecular weight excluding hydrogens is 476 g/mol. The summed E-state index contributed by atoms with van der Waals surface area (Å²) in [7, 11) is 1.65. The zero-order valence-electron chi connectivity index (χ0n) is 18.0. The van der Waals surface area contributed by atoms with Gasteiger partial charge in [0, 0.05) is 27.9 Å². The molecule has 0 saturated carbocycles. The summed E-state index contributed by atoms with van der Waals surface area (Å²) in [6.07, 6.45) is 7.92. The topological polar surface area (TPSA) is 120 Å². The van der Waals surface area contributed by atoms with E-state index in [2.05, 4.69) is 40.2 Å². The lowest BCUT2D eigenvalue weighted by Crippen LogP contribution is -2.20. The third kappa shape index (κ3) is 5.15. The number of hydrogen-bond acceptors (Lipinski definition) is 9. The minimum Gasteiger partial charge on any atom is -0.497 e. The second-order valence-corrected chi connectivity index (χ2v) is 9.38. The van der Waals surface area contributed by atoms with Crippen LogP contribution in [0, 0.1) is 25.6 Å². The fraction of sp³-hybridized carbons (Fsp3) is 0.174. The number of nitro groups is 2. The minimum atomic E-state index is -0.677. The monoisotopic (exact) mass is 496 g/mol. The van der Waals surface area contributed by atoms with Crippen molar-refractivity contribution in [2.45, 2.75) is 5.75 Å². The van der Waals surface area contributed by atoms with Gasteiger partial charge in [0.1, 0.15) is 11.4 Å². The first-order valence-corrected chi connectivity index (χ1v) is 12.2. The van der Waals surface area contributed by atoms with E-state index < -0.39 is 15.5 Å². The Kier molecular flexibility index (Phi) is 7.03. The Morgan fingerprint density at radius 2 is 1.85 bits per heavy atom. The van der Waals surface area contributed by atoms with Crippen molar-refractivity contribution in [1.29, 1.82) is 0 Å². The summed E-state index contributed by atoms with van der Waals surface area (Å²) in [6.45, 7) is 0. The van der Waals surface area contributed by atoms with E-state index in [0.29, 0.717) is 5.71 Å². The number of anilines is 1. The Bertz CT molecular complexity index is 1220. The molecule has 34 heavy (non-hydrogen) atoms. The Labute approximate surface area is 204 Å². The normalized spacial score (nSPS) is 18.6. The molecule has 0 amide bonds. The molecule has 0 aromatic heterocycles. The highest BCUT2D eigenvalue weighted by Gasteiger charge is 2.35. The molecule has 2 aromatic carbocycles. The first-order chi connectivity index (χ1) is 16.4. The molecule has 2 aromatic rings. The average Bonchev–Trinajstić information content (AvgIpc) is 3.24. The molecule has 4 rings (SSSR count). The average molecular weight is 497 g/mol. The number of ether oxygens (including phenoxy) is 1. The van der Waals surface area contributed by atoms with Crippen molar-refractivity contribution < 1.29 is 14.6 Å². The molecule has 9 nitrogen and oxygen atoms in total. The Balaban J connectivity index is 1.43. The lowest BCUT2D eigenvalue weighted by Gasteiger charge is -2.26. The number of methoxy groups -OCH3 is 1.